The van der Waals surface area contributed by atoms with Gasteiger partial charge in [0.05, 0.1) is 21.7 Å². The minimum absolute atomic E-state index is 0.0788. The van der Waals surface area contributed by atoms with Gasteiger partial charge in [-0.1, -0.05) is 23.2 Å². The van der Waals surface area contributed by atoms with Crippen LogP contribution in [0.3, 0.4) is 0 Å². The minimum Gasteiger partial charge on any atom is -0.484 e. The largest absolute Gasteiger partial charge is 0.484 e. The van der Waals surface area contributed by atoms with Crippen LogP contribution in [0, 0.1) is 0 Å². The number of likely N-dealkylation sites (tertiary alicyclic amines) is 1. The lowest BCUT2D eigenvalue weighted by Crippen LogP contribution is -2.49. The van der Waals surface area contributed by atoms with E-state index >= 15 is 0 Å². The highest BCUT2D eigenvalue weighted by Crippen LogP contribution is 2.28. The van der Waals surface area contributed by atoms with Crippen LogP contribution in [-0.2, 0) is 4.79 Å². The summed E-state index contributed by atoms with van der Waals surface area (Å²) in [6, 6.07) is 4.70. The molecule has 1 aromatic rings. The monoisotopic (exact) mass is 331 g/mol. The second-order valence-electron chi connectivity index (χ2n) is 5.76. The Bertz CT molecular complexity index is 528. The molecule has 1 N–H and O–H groups in total. The molecule has 0 saturated carbocycles. The molecule has 1 atom stereocenters. The summed E-state index contributed by atoms with van der Waals surface area (Å²) in [4.78, 5) is 14.0. The van der Waals surface area contributed by atoms with Crippen molar-refractivity contribution in [2.75, 3.05) is 13.2 Å². The third-order valence-electron chi connectivity index (χ3n) is 3.64. The van der Waals surface area contributed by atoms with Crippen LogP contribution in [0.1, 0.15) is 26.7 Å². The second-order valence-corrected chi connectivity index (χ2v) is 6.58. The third kappa shape index (κ3) is 4.02. The van der Waals surface area contributed by atoms with Gasteiger partial charge < -0.3 is 14.7 Å². The molecule has 116 valence electrons. The van der Waals surface area contributed by atoms with Crippen molar-refractivity contribution in [3.63, 3.8) is 0 Å². The number of aliphatic hydroxyl groups is 1. The van der Waals surface area contributed by atoms with E-state index in [1.54, 1.807) is 36.9 Å². The Balaban J connectivity index is 1.96. The van der Waals surface area contributed by atoms with Gasteiger partial charge in [0.1, 0.15) is 5.75 Å². The predicted octanol–water partition coefficient (Wildman–Crippen LogP) is 3.13. The van der Waals surface area contributed by atoms with Crippen molar-refractivity contribution in [3.05, 3.63) is 28.2 Å². The van der Waals surface area contributed by atoms with Gasteiger partial charge in [0.2, 0.25) is 0 Å². The first-order chi connectivity index (χ1) is 9.79. The predicted molar refractivity (Wildman–Crippen MR) is 83.0 cm³/mol. The fraction of sp³-hybridized carbons (Fsp3) is 0.533. The van der Waals surface area contributed by atoms with Gasteiger partial charge in [-0.25, -0.2) is 0 Å². The number of amides is 1. The third-order valence-corrected chi connectivity index (χ3v) is 4.38. The topological polar surface area (TPSA) is 49.8 Å². The SMILES string of the molecule is CC(C)(O)[C@@H]1CCCN1C(=O)COc1ccc(Cl)c(Cl)c1. The Morgan fingerprint density at radius 1 is 1.43 bits per heavy atom. The van der Waals surface area contributed by atoms with E-state index in [0.29, 0.717) is 22.3 Å². The smallest absolute Gasteiger partial charge is 0.260 e. The van der Waals surface area contributed by atoms with Crippen LogP contribution in [0.2, 0.25) is 10.0 Å². The van der Waals surface area contributed by atoms with Crippen LogP contribution in [0.4, 0.5) is 0 Å². The molecule has 0 spiro atoms. The average Bonchev–Trinajstić information content (AvgIpc) is 2.89. The molecule has 21 heavy (non-hydrogen) atoms. The zero-order valence-corrected chi connectivity index (χ0v) is 13.6. The van der Waals surface area contributed by atoms with Crippen molar-refractivity contribution in [1.82, 2.24) is 4.90 Å². The molecule has 1 saturated heterocycles. The van der Waals surface area contributed by atoms with Gasteiger partial charge in [-0.15, -0.1) is 0 Å². The summed E-state index contributed by atoms with van der Waals surface area (Å²) in [5.74, 6) is 0.363. The van der Waals surface area contributed by atoms with E-state index in [4.69, 9.17) is 27.9 Å². The maximum Gasteiger partial charge on any atom is 0.260 e. The van der Waals surface area contributed by atoms with Crippen molar-refractivity contribution in [2.45, 2.75) is 38.3 Å². The minimum atomic E-state index is -0.907. The first-order valence-electron chi connectivity index (χ1n) is 6.89. The molecule has 1 heterocycles. The number of halogens is 2. The molecule has 1 aliphatic heterocycles. The van der Waals surface area contributed by atoms with Crippen LogP contribution in [0.15, 0.2) is 18.2 Å². The number of hydrogen-bond donors (Lipinski definition) is 1. The molecule has 2 rings (SSSR count). The molecule has 0 aromatic heterocycles. The van der Waals surface area contributed by atoms with Crippen molar-refractivity contribution >= 4 is 29.1 Å². The van der Waals surface area contributed by atoms with E-state index in [9.17, 15) is 9.90 Å². The Hall–Kier alpha value is -0.970. The summed E-state index contributed by atoms with van der Waals surface area (Å²) in [5, 5.41) is 10.9. The van der Waals surface area contributed by atoms with E-state index in [0.717, 1.165) is 12.8 Å². The van der Waals surface area contributed by atoms with Gasteiger partial charge in [0, 0.05) is 12.6 Å². The molecule has 6 heteroatoms. The van der Waals surface area contributed by atoms with Crippen LogP contribution in [0.5, 0.6) is 5.75 Å². The summed E-state index contributed by atoms with van der Waals surface area (Å²) in [5.41, 5.74) is -0.907. The fourth-order valence-corrected chi connectivity index (χ4v) is 2.88. The normalized spacial score (nSPS) is 18.9. The van der Waals surface area contributed by atoms with Crippen molar-refractivity contribution < 1.29 is 14.6 Å². The number of ether oxygens (including phenoxy) is 1. The number of nitrogens with zero attached hydrogens (tertiary/aromatic N) is 1. The maximum absolute atomic E-state index is 12.3. The first-order valence-corrected chi connectivity index (χ1v) is 7.64. The summed E-state index contributed by atoms with van der Waals surface area (Å²) >= 11 is 11.7. The highest BCUT2D eigenvalue weighted by Gasteiger charge is 2.38. The Labute approximate surface area is 134 Å². The van der Waals surface area contributed by atoms with Crippen LogP contribution >= 0.6 is 23.2 Å². The highest BCUT2D eigenvalue weighted by molar-refractivity contribution is 6.42. The fourth-order valence-electron chi connectivity index (χ4n) is 2.59. The quantitative estimate of drug-likeness (QED) is 0.922. The number of rotatable bonds is 4. The molecule has 0 aliphatic carbocycles. The molecule has 4 nitrogen and oxygen atoms in total. The molecule has 1 aliphatic rings. The molecule has 1 amide bonds. The summed E-state index contributed by atoms with van der Waals surface area (Å²) in [6.07, 6.45) is 1.70. The summed E-state index contributed by atoms with van der Waals surface area (Å²) in [6.45, 7) is 4.02. The molecule has 1 aromatic carbocycles. The molecule has 0 radical (unpaired) electrons. The van der Waals surface area contributed by atoms with Gasteiger partial charge in [-0.3, -0.25) is 4.79 Å². The Morgan fingerprint density at radius 2 is 2.14 bits per heavy atom. The standard InChI is InChI=1S/C15H19Cl2NO3/c1-15(2,20)13-4-3-7-18(13)14(19)9-21-10-5-6-11(16)12(17)8-10/h5-6,8,13,20H,3-4,7,9H2,1-2H3/t13-/m0/s1. The Morgan fingerprint density at radius 3 is 2.76 bits per heavy atom. The zero-order chi connectivity index (χ0) is 15.6. The van der Waals surface area contributed by atoms with E-state index < -0.39 is 5.60 Å². The van der Waals surface area contributed by atoms with Gasteiger partial charge in [-0.05, 0) is 38.8 Å². The number of benzene rings is 1. The first kappa shape index (κ1) is 16.4. The molecule has 0 unspecified atom stereocenters. The highest BCUT2D eigenvalue weighted by atomic mass is 35.5. The maximum atomic E-state index is 12.3. The number of carbonyl (C=O) groups excluding carboxylic acids is 1. The molecular weight excluding hydrogens is 313 g/mol. The molecule has 1 fully saturated rings. The van der Waals surface area contributed by atoms with E-state index in [1.807, 2.05) is 0 Å². The number of carbonyl (C=O) groups is 1. The van der Waals surface area contributed by atoms with Crippen LogP contribution < -0.4 is 4.74 Å². The molecular formula is C15H19Cl2NO3. The van der Waals surface area contributed by atoms with Crippen molar-refractivity contribution in [1.29, 1.82) is 0 Å². The lowest BCUT2D eigenvalue weighted by Gasteiger charge is -2.33. The Kier molecular flexibility index (Phi) is 5.02. The lowest BCUT2D eigenvalue weighted by molar-refractivity contribution is -0.138. The molecule has 0 bridgehead atoms. The van der Waals surface area contributed by atoms with E-state index in [-0.39, 0.29) is 18.6 Å². The number of hydrogen-bond acceptors (Lipinski definition) is 3. The summed E-state index contributed by atoms with van der Waals surface area (Å²) < 4.78 is 5.46. The van der Waals surface area contributed by atoms with Crippen LogP contribution in [-0.4, -0.2) is 40.7 Å². The van der Waals surface area contributed by atoms with Crippen molar-refractivity contribution in [3.8, 4) is 5.75 Å². The van der Waals surface area contributed by atoms with Crippen LogP contribution in [0.25, 0.3) is 0 Å². The van der Waals surface area contributed by atoms with E-state index in [1.165, 1.54) is 0 Å². The van der Waals surface area contributed by atoms with Gasteiger partial charge in [-0.2, -0.15) is 0 Å². The van der Waals surface area contributed by atoms with Gasteiger partial charge >= 0.3 is 0 Å². The summed E-state index contributed by atoms with van der Waals surface area (Å²) in [7, 11) is 0. The van der Waals surface area contributed by atoms with E-state index in [2.05, 4.69) is 0 Å². The average molecular weight is 332 g/mol. The van der Waals surface area contributed by atoms with Gasteiger partial charge in [0.15, 0.2) is 6.61 Å². The lowest BCUT2D eigenvalue weighted by atomic mass is 9.97. The zero-order valence-electron chi connectivity index (χ0n) is 12.1. The van der Waals surface area contributed by atoms with Gasteiger partial charge in [0.25, 0.3) is 5.91 Å². The second kappa shape index (κ2) is 6.42. The van der Waals surface area contributed by atoms with Crippen molar-refractivity contribution in [2.24, 2.45) is 0 Å².